The summed E-state index contributed by atoms with van der Waals surface area (Å²) in [5.74, 6) is 0. The number of aromatic nitrogens is 1. The van der Waals surface area contributed by atoms with Gasteiger partial charge in [0.1, 0.15) is 0 Å². The van der Waals surface area contributed by atoms with Crippen molar-refractivity contribution in [3.05, 3.63) is 65.5 Å². The van der Waals surface area contributed by atoms with Crippen molar-refractivity contribution in [3.8, 4) is 0 Å². The minimum absolute atomic E-state index is 0.295. The number of hydrogen-bond donors (Lipinski definition) is 1. The fourth-order valence-corrected chi connectivity index (χ4v) is 3.17. The van der Waals surface area contributed by atoms with Crippen molar-refractivity contribution in [1.82, 2.24) is 10.3 Å². The van der Waals surface area contributed by atoms with Crippen molar-refractivity contribution >= 4 is 0 Å². The van der Waals surface area contributed by atoms with Gasteiger partial charge in [-0.2, -0.15) is 0 Å². The van der Waals surface area contributed by atoms with Gasteiger partial charge >= 0.3 is 0 Å². The number of nitrogens with one attached hydrogen (secondary N) is 1. The van der Waals surface area contributed by atoms with E-state index >= 15 is 0 Å². The smallest absolute Gasteiger partial charge is 0.0326 e. The molecule has 0 amide bonds. The van der Waals surface area contributed by atoms with Crippen molar-refractivity contribution in [2.24, 2.45) is 0 Å². The van der Waals surface area contributed by atoms with E-state index in [9.17, 15) is 0 Å². The normalized spacial score (nSPS) is 20.4. The Hall–Kier alpha value is -1.67. The Labute approximate surface area is 121 Å². The van der Waals surface area contributed by atoms with Gasteiger partial charge in [0, 0.05) is 25.0 Å². The van der Waals surface area contributed by atoms with Gasteiger partial charge in [-0.15, -0.1) is 0 Å². The Morgan fingerprint density at radius 3 is 2.85 bits per heavy atom. The number of fused-ring (bicyclic) bond motifs is 1. The van der Waals surface area contributed by atoms with E-state index in [1.165, 1.54) is 29.5 Å². The van der Waals surface area contributed by atoms with Crippen LogP contribution in [0.25, 0.3) is 0 Å². The van der Waals surface area contributed by atoms with E-state index in [1.807, 2.05) is 18.5 Å². The van der Waals surface area contributed by atoms with Crippen LogP contribution in [0.5, 0.6) is 0 Å². The van der Waals surface area contributed by atoms with Crippen LogP contribution >= 0.6 is 0 Å². The summed E-state index contributed by atoms with van der Waals surface area (Å²) in [5, 5.41) is 3.69. The molecule has 2 nitrogen and oxygen atoms in total. The van der Waals surface area contributed by atoms with Gasteiger partial charge in [0.2, 0.25) is 0 Å². The molecule has 1 aromatic carbocycles. The van der Waals surface area contributed by atoms with Gasteiger partial charge < -0.3 is 5.32 Å². The molecule has 2 heteroatoms. The fraction of sp³-hybridized carbons (Fsp3) is 0.389. The minimum atomic E-state index is 0.295. The van der Waals surface area contributed by atoms with Gasteiger partial charge in [-0.3, -0.25) is 4.98 Å². The number of pyridine rings is 1. The van der Waals surface area contributed by atoms with Crippen LogP contribution in [-0.4, -0.2) is 4.98 Å². The van der Waals surface area contributed by atoms with E-state index in [0.717, 1.165) is 6.54 Å². The third-order valence-electron chi connectivity index (χ3n) is 4.40. The zero-order chi connectivity index (χ0) is 14.0. The number of benzene rings is 1. The third kappa shape index (κ3) is 2.61. The lowest BCUT2D eigenvalue weighted by Gasteiger charge is -2.37. The van der Waals surface area contributed by atoms with Gasteiger partial charge in [-0.25, -0.2) is 0 Å². The van der Waals surface area contributed by atoms with E-state index in [4.69, 9.17) is 0 Å². The Bertz CT molecular complexity index is 575. The van der Waals surface area contributed by atoms with E-state index < -0.39 is 0 Å². The molecule has 2 aromatic rings. The molecule has 0 saturated carbocycles. The lowest BCUT2D eigenvalue weighted by molar-refractivity contribution is 0.357. The van der Waals surface area contributed by atoms with Crippen LogP contribution in [0.15, 0.2) is 48.8 Å². The molecule has 1 aliphatic carbocycles. The van der Waals surface area contributed by atoms with Gasteiger partial charge in [-0.05, 0) is 41.0 Å². The first-order chi connectivity index (χ1) is 9.67. The number of hydrogen-bond acceptors (Lipinski definition) is 2. The summed E-state index contributed by atoms with van der Waals surface area (Å²) in [6.45, 7) is 5.58. The topological polar surface area (TPSA) is 24.9 Å². The van der Waals surface area contributed by atoms with Crippen LogP contribution in [0.2, 0.25) is 0 Å². The zero-order valence-corrected chi connectivity index (χ0v) is 12.3. The number of rotatable bonds is 3. The van der Waals surface area contributed by atoms with Crippen molar-refractivity contribution in [1.29, 1.82) is 0 Å². The third-order valence-corrected chi connectivity index (χ3v) is 4.40. The van der Waals surface area contributed by atoms with Gasteiger partial charge in [0.25, 0.3) is 0 Å². The van der Waals surface area contributed by atoms with Crippen molar-refractivity contribution in [3.63, 3.8) is 0 Å². The summed E-state index contributed by atoms with van der Waals surface area (Å²) in [5.41, 5.74) is 4.50. The van der Waals surface area contributed by atoms with Gasteiger partial charge in [0.15, 0.2) is 0 Å². The average molecular weight is 266 g/mol. The van der Waals surface area contributed by atoms with Crippen LogP contribution in [0.4, 0.5) is 0 Å². The van der Waals surface area contributed by atoms with Crippen LogP contribution in [-0.2, 0) is 12.0 Å². The van der Waals surface area contributed by atoms with Crippen LogP contribution in [0.3, 0.4) is 0 Å². The highest BCUT2D eigenvalue weighted by Crippen LogP contribution is 2.41. The molecule has 0 aliphatic heterocycles. The van der Waals surface area contributed by atoms with E-state index in [0.29, 0.717) is 11.5 Å². The lowest BCUT2D eigenvalue weighted by atomic mass is 9.71. The second-order valence-corrected chi connectivity index (χ2v) is 6.30. The molecule has 104 valence electrons. The second kappa shape index (κ2) is 5.37. The second-order valence-electron chi connectivity index (χ2n) is 6.30. The predicted octanol–water partition coefficient (Wildman–Crippen LogP) is 3.98. The molecule has 0 fully saturated rings. The van der Waals surface area contributed by atoms with Gasteiger partial charge in [0.05, 0.1) is 0 Å². The summed E-state index contributed by atoms with van der Waals surface area (Å²) in [7, 11) is 0. The molecular formula is C18H22N2. The van der Waals surface area contributed by atoms with Crippen LogP contribution < -0.4 is 5.32 Å². The molecule has 20 heavy (non-hydrogen) atoms. The maximum Gasteiger partial charge on any atom is 0.0326 e. The largest absolute Gasteiger partial charge is 0.306 e. The molecule has 0 saturated heterocycles. The van der Waals surface area contributed by atoms with Crippen molar-refractivity contribution in [2.45, 2.75) is 44.7 Å². The van der Waals surface area contributed by atoms with E-state index in [-0.39, 0.29) is 0 Å². The van der Waals surface area contributed by atoms with Crippen LogP contribution in [0, 0.1) is 0 Å². The van der Waals surface area contributed by atoms with Crippen molar-refractivity contribution < 1.29 is 0 Å². The maximum atomic E-state index is 4.18. The monoisotopic (exact) mass is 266 g/mol. The first kappa shape index (κ1) is 13.3. The summed E-state index contributed by atoms with van der Waals surface area (Å²) < 4.78 is 0. The molecular weight excluding hydrogens is 244 g/mol. The lowest BCUT2D eigenvalue weighted by Crippen LogP contribution is -2.32. The molecule has 1 atom stereocenters. The molecule has 1 heterocycles. The minimum Gasteiger partial charge on any atom is -0.306 e. The molecule has 1 aromatic heterocycles. The predicted molar refractivity (Wildman–Crippen MR) is 82.5 cm³/mol. The first-order valence-corrected chi connectivity index (χ1v) is 7.38. The SMILES string of the molecule is CC1(C)CCC(NCc2cccnc2)c2ccccc21. The summed E-state index contributed by atoms with van der Waals surface area (Å²) in [6, 6.07) is 13.4. The molecule has 1 N–H and O–H groups in total. The highest BCUT2D eigenvalue weighted by atomic mass is 14.9. The fourth-order valence-electron chi connectivity index (χ4n) is 3.17. The van der Waals surface area contributed by atoms with Crippen LogP contribution in [0.1, 0.15) is 49.4 Å². The van der Waals surface area contributed by atoms with Gasteiger partial charge in [-0.1, -0.05) is 44.2 Å². The summed E-state index contributed by atoms with van der Waals surface area (Å²) in [4.78, 5) is 4.18. The molecule has 0 bridgehead atoms. The zero-order valence-electron chi connectivity index (χ0n) is 12.3. The summed E-state index contributed by atoms with van der Waals surface area (Å²) in [6.07, 6.45) is 6.19. The summed E-state index contributed by atoms with van der Waals surface area (Å²) >= 11 is 0. The quantitative estimate of drug-likeness (QED) is 0.908. The molecule has 1 unspecified atom stereocenters. The Kier molecular flexibility index (Phi) is 3.58. The average Bonchev–Trinajstić information content (AvgIpc) is 2.48. The highest BCUT2D eigenvalue weighted by Gasteiger charge is 2.31. The Morgan fingerprint density at radius 2 is 2.05 bits per heavy atom. The Morgan fingerprint density at radius 1 is 1.20 bits per heavy atom. The first-order valence-electron chi connectivity index (χ1n) is 7.38. The molecule has 0 spiro atoms. The van der Waals surface area contributed by atoms with Crippen molar-refractivity contribution in [2.75, 3.05) is 0 Å². The van der Waals surface area contributed by atoms with E-state index in [1.54, 1.807) is 0 Å². The standard InChI is InChI=1S/C18H22N2/c1-18(2)10-9-17(15-7-3-4-8-16(15)18)20-13-14-6-5-11-19-12-14/h3-8,11-12,17,20H,9-10,13H2,1-2H3. The molecule has 0 radical (unpaired) electrons. The Balaban J connectivity index is 1.79. The number of nitrogens with zero attached hydrogens (tertiary/aromatic N) is 1. The maximum absolute atomic E-state index is 4.18. The van der Waals surface area contributed by atoms with E-state index in [2.05, 4.69) is 54.5 Å². The molecule has 1 aliphatic rings. The highest BCUT2D eigenvalue weighted by molar-refractivity contribution is 5.38. The molecule has 3 rings (SSSR count).